The van der Waals surface area contributed by atoms with Gasteiger partial charge >= 0.3 is 0 Å². The van der Waals surface area contributed by atoms with E-state index in [0.29, 0.717) is 16.3 Å². The molecule has 0 radical (unpaired) electrons. The lowest BCUT2D eigenvalue weighted by Gasteiger charge is -2.39. The molecule has 4 aromatic rings. The number of benzene rings is 3. The number of fused-ring (bicyclic) bond motifs is 2. The minimum absolute atomic E-state index is 0.0963. The number of aromatic nitrogens is 1. The molecule has 1 aliphatic rings. The summed E-state index contributed by atoms with van der Waals surface area (Å²) in [6.45, 7) is 1.95. The van der Waals surface area contributed by atoms with Gasteiger partial charge in [-0.15, -0.1) is 0 Å². The minimum atomic E-state index is -0.605. The normalized spacial score (nSPS) is 17.8. The second-order valence-corrected chi connectivity index (χ2v) is 9.02. The van der Waals surface area contributed by atoms with Crippen molar-refractivity contribution in [3.05, 3.63) is 100 Å². The molecule has 0 aliphatic carbocycles. The Morgan fingerprint density at radius 3 is 2.48 bits per heavy atom. The molecule has 1 N–H and O–H groups in total. The third-order valence-corrected chi connectivity index (χ3v) is 6.80. The van der Waals surface area contributed by atoms with Gasteiger partial charge in [0.2, 0.25) is 5.91 Å². The SMILES string of the molecule is Cc1ccc(NC(=O)[C@@H]2c3ccccc3C(=O)N(C)[C@@H]2c2cn(C)c3ccccc23)c(Cl)c1. The van der Waals surface area contributed by atoms with E-state index >= 15 is 0 Å². The van der Waals surface area contributed by atoms with E-state index in [-0.39, 0.29) is 11.8 Å². The minimum Gasteiger partial charge on any atom is -0.350 e. The van der Waals surface area contributed by atoms with Crippen molar-refractivity contribution in [3.63, 3.8) is 0 Å². The van der Waals surface area contributed by atoms with Crippen LogP contribution in [0.1, 0.15) is 39.0 Å². The summed E-state index contributed by atoms with van der Waals surface area (Å²) >= 11 is 6.42. The summed E-state index contributed by atoms with van der Waals surface area (Å²) < 4.78 is 2.04. The first-order valence-electron chi connectivity index (χ1n) is 10.8. The molecule has 0 fully saturated rings. The second kappa shape index (κ2) is 8.09. The van der Waals surface area contributed by atoms with Crippen molar-refractivity contribution in [2.75, 3.05) is 12.4 Å². The van der Waals surface area contributed by atoms with Gasteiger partial charge in [0.1, 0.15) is 0 Å². The van der Waals surface area contributed by atoms with Crippen LogP contribution in [0, 0.1) is 6.92 Å². The largest absolute Gasteiger partial charge is 0.350 e. The van der Waals surface area contributed by atoms with Gasteiger partial charge in [-0.25, -0.2) is 0 Å². The highest BCUT2D eigenvalue weighted by Gasteiger charge is 2.43. The van der Waals surface area contributed by atoms with Gasteiger partial charge < -0.3 is 14.8 Å². The fraction of sp³-hybridized carbons (Fsp3) is 0.185. The van der Waals surface area contributed by atoms with E-state index in [2.05, 4.69) is 5.32 Å². The number of halogens is 1. The number of anilines is 1. The summed E-state index contributed by atoms with van der Waals surface area (Å²) in [5.41, 5.74) is 4.83. The number of likely N-dealkylation sites (N-methyl/N-ethyl adjacent to an activating group) is 1. The Bertz CT molecular complexity index is 1410. The molecule has 5 nitrogen and oxygen atoms in total. The summed E-state index contributed by atoms with van der Waals surface area (Å²) in [6, 6.07) is 20.5. The van der Waals surface area contributed by atoms with Gasteiger partial charge in [0, 0.05) is 42.3 Å². The van der Waals surface area contributed by atoms with E-state index in [9.17, 15) is 9.59 Å². The molecule has 0 unspecified atom stereocenters. The van der Waals surface area contributed by atoms with Crippen LogP contribution in [-0.2, 0) is 11.8 Å². The summed E-state index contributed by atoms with van der Waals surface area (Å²) in [5.74, 6) is -0.904. The molecule has 6 heteroatoms. The van der Waals surface area contributed by atoms with Crippen molar-refractivity contribution in [2.24, 2.45) is 7.05 Å². The first-order chi connectivity index (χ1) is 15.9. The van der Waals surface area contributed by atoms with E-state index in [1.54, 1.807) is 18.0 Å². The molecule has 33 heavy (non-hydrogen) atoms. The average molecular weight is 458 g/mol. The van der Waals surface area contributed by atoms with Crippen LogP contribution in [-0.4, -0.2) is 28.3 Å². The number of aryl methyl sites for hydroxylation is 2. The Hall–Kier alpha value is -3.57. The number of hydrogen-bond acceptors (Lipinski definition) is 2. The molecule has 2 amide bonds. The number of nitrogens with one attached hydrogen (secondary N) is 1. The summed E-state index contributed by atoms with van der Waals surface area (Å²) in [7, 11) is 3.75. The fourth-order valence-corrected chi connectivity index (χ4v) is 5.17. The molecule has 0 saturated carbocycles. The third kappa shape index (κ3) is 3.49. The van der Waals surface area contributed by atoms with E-state index in [1.807, 2.05) is 85.4 Å². The third-order valence-electron chi connectivity index (χ3n) is 6.49. The van der Waals surface area contributed by atoms with Gasteiger partial charge in [-0.1, -0.05) is 54.1 Å². The highest BCUT2D eigenvalue weighted by atomic mass is 35.5. The zero-order chi connectivity index (χ0) is 23.3. The van der Waals surface area contributed by atoms with Crippen LogP contribution in [0.3, 0.4) is 0 Å². The molecule has 0 saturated heterocycles. The number of carbonyl (C=O) groups excluding carboxylic acids is 2. The van der Waals surface area contributed by atoms with Crippen molar-refractivity contribution < 1.29 is 9.59 Å². The summed E-state index contributed by atoms with van der Waals surface area (Å²) in [6.07, 6.45) is 2.02. The number of nitrogens with zero attached hydrogens (tertiary/aromatic N) is 2. The molecule has 1 aliphatic heterocycles. The van der Waals surface area contributed by atoms with Crippen molar-refractivity contribution in [1.82, 2.24) is 9.47 Å². The molecule has 2 heterocycles. The Morgan fingerprint density at radius 1 is 0.970 bits per heavy atom. The second-order valence-electron chi connectivity index (χ2n) is 8.61. The van der Waals surface area contributed by atoms with E-state index in [0.717, 1.165) is 27.6 Å². The van der Waals surface area contributed by atoms with Gasteiger partial charge in [-0.05, 0) is 42.3 Å². The molecule has 2 atom stereocenters. The summed E-state index contributed by atoms with van der Waals surface area (Å²) in [4.78, 5) is 28.8. The Kier molecular flexibility index (Phi) is 5.22. The van der Waals surface area contributed by atoms with Gasteiger partial charge in [0.05, 0.1) is 22.7 Å². The Labute approximate surface area is 197 Å². The summed E-state index contributed by atoms with van der Waals surface area (Å²) in [5, 5.41) is 4.53. The Morgan fingerprint density at radius 2 is 1.70 bits per heavy atom. The van der Waals surface area contributed by atoms with E-state index in [1.165, 1.54) is 0 Å². The van der Waals surface area contributed by atoms with Crippen LogP contribution in [0.4, 0.5) is 5.69 Å². The van der Waals surface area contributed by atoms with Crippen LogP contribution in [0.5, 0.6) is 0 Å². The number of rotatable bonds is 3. The average Bonchev–Trinajstić information content (AvgIpc) is 3.14. The van der Waals surface area contributed by atoms with Crippen molar-refractivity contribution in [3.8, 4) is 0 Å². The number of para-hydroxylation sites is 1. The molecule has 1 aromatic heterocycles. The van der Waals surface area contributed by atoms with Gasteiger partial charge in [0.25, 0.3) is 5.91 Å². The quantitative estimate of drug-likeness (QED) is 0.429. The fourth-order valence-electron chi connectivity index (χ4n) is 4.89. The van der Waals surface area contributed by atoms with E-state index < -0.39 is 12.0 Å². The lowest BCUT2D eigenvalue weighted by atomic mass is 9.79. The molecular weight excluding hydrogens is 434 g/mol. The van der Waals surface area contributed by atoms with Crippen molar-refractivity contribution >= 4 is 40.0 Å². The molecule has 0 spiro atoms. The highest BCUT2D eigenvalue weighted by Crippen LogP contribution is 2.45. The molecule has 3 aromatic carbocycles. The number of carbonyl (C=O) groups is 2. The number of amides is 2. The molecule has 166 valence electrons. The van der Waals surface area contributed by atoms with Crippen LogP contribution in [0.2, 0.25) is 5.02 Å². The van der Waals surface area contributed by atoms with Crippen LogP contribution in [0.15, 0.2) is 72.9 Å². The smallest absolute Gasteiger partial charge is 0.254 e. The first kappa shape index (κ1) is 21.3. The van der Waals surface area contributed by atoms with Crippen LogP contribution >= 0.6 is 11.6 Å². The lowest BCUT2D eigenvalue weighted by Crippen LogP contribution is -2.44. The molecule has 0 bridgehead atoms. The van der Waals surface area contributed by atoms with Crippen molar-refractivity contribution in [1.29, 1.82) is 0 Å². The molecule has 5 rings (SSSR count). The number of hydrogen-bond donors (Lipinski definition) is 1. The predicted molar refractivity (Wildman–Crippen MR) is 132 cm³/mol. The van der Waals surface area contributed by atoms with Crippen molar-refractivity contribution in [2.45, 2.75) is 18.9 Å². The first-order valence-corrected chi connectivity index (χ1v) is 11.2. The van der Waals surface area contributed by atoms with Gasteiger partial charge in [0.15, 0.2) is 0 Å². The Balaban J connectivity index is 1.67. The van der Waals surface area contributed by atoms with Crippen LogP contribution in [0.25, 0.3) is 10.9 Å². The van der Waals surface area contributed by atoms with Gasteiger partial charge in [-0.3, -0.25) is 9.59 Å². The maximum absolute atomic E-state index is 13.8. The lowest BCUT2D eigenvalue weighted by molar-refractivity contribution is -0.119. The zero-order valence-corrected chi connectivity index (χ0v) is 19.4. The predicted octanol–water partition coefficient (Wildman–Crippen LogP) is 5.69. The maximum Gasteiger partial charge on any atom is 0.254 e. The maximum atomic E-state index is 13.8. The molecular formula is C27H24ClN3O2. The standard InChI is InChI=1S/C27H24ClN3O2/c1-16-12-13-22(21(28)14-16)29-26(32)24-18-9-4-5-10-19(18)27(33)31(3)25(24)20-15-30(2)23-11-7-6-8-17(20)23/h4-15,24-25H,1-3H3,(H,29,32)/t24-,25-/m1/s1. The van der Waals surface area contributed by atoms with E-state index in [4.69, 9.17) is 11.6 Å². The highest BCUT2D eigenvalue weighted by molar-refractivity contribution is 6.33. The van der Waals surface area contributed by atoms with Crippen LogP contribution < -0.4 is 5.32 Å². The monoisotopic (exact) mass is 457 g/mol. The zero-order valence-electron chi connectivity index (χ0n) is 18.7. The van der Waals surface area contributed by atoms with Gasteiger partial charge in [-0.2, -0.15) is 0 Å². The topological polar surface area (TPSA) is 54.3 Å².